The normalized spacial score (nSPS) is 12.2. The van der Waals surface area contributed by atoms with Crippen LogP contribution in [0.15, 0.2) is 18.2 Å². The molecule has 0 amide bonds. The van der Waals surface area contributed by atoms with Gasteiger partial charge in [0.2, 0.25) is 0 Å². The van der Waals surface area contributed by atoms with Crippen molar-refractivity contribution in [3.8, 4) is 0 Å². The second-order valence-electron chi connectivity index (χ2n) is 4.06. The van der Waals surface area contributed by atoms with E-state index in [2.05, 4.69) is 0 Å². The monoisotopic (exact) mass is 253 g/mol. The summed E-state index contributed by atoms with van der Waals surface area (Å²) in [7, 11) is 1.61. The van der Waals surface area contributed by atoms with Gasteiger partial charge in [-0.25, -0.2) is 0 Å². The first-order chi connectivity index (χ1) is 8.52. The third kappa shape index (κ3) is 2.89. The number of anilines is 2. The smallest absolute Gasteiger partial charge is 0.315 e. The second kappa shape index (κ2) is 6.20. The number of hydrogen-bond acceptors (Lipinski definition) is 5. The van der Waals surface area contributed by atoms with Crippen molar-refractivity contribution in [2.24, 2.45) is 0 Å². The molecule has 0 saturated heterocycles. The molecule has 0 aliphatic rings. The molecule has 18 heavy (non-hydrogen) atoms. The Morgan fingerprint density at radius 1 is 1.56 bits per heavy atom. The number of likely N-dealkylation sites (N-methyl/N-ethyl adjacent to an activating group) is 1. The van der Waals surface area contributed by atoms with Crippen molar-refractivity contribution >= 4 is 17.1 Å². The number of nitro benzene ring substituents is 1. The van der Waals surface area contributed by atoms with Gasteiger partial charge in [0.15, 0.2) is 0 Å². The van der Waals surface area contributed by atoms with E-state index in [4.69, 9.17) is 10.5 Å². The number of benzene rings is 1. The van der Waals surface area contributed by atoms with Gasteiger partial charge in [-0.15, -0.1) is 0 Å². The van der Waals surface area contributed by atoms with Gasteiger partial charge in [0, 0.05) is 19.7 Å². The highest BCUT2D eigenvalue weighted by Crippen LogP contribution is 2.34. The van der Waals surface area contributed by atoms with Crippen LogP contribution in [0.3, 0.4) is 0 Å². The number of ether oxygens (including phenoxy) is 1. The predicted molar refractivity (Wildman–Crippen MR) is 71.9 cm³/mol. The first kappa shape index (κ1) is 14.2. The van der Waals surface area contributed by atoms with Crippen molar-refractivity contribution < 1.29 is 9.66 Å². The van der Waals surface area contributed by atoms with E-state index in [1.807, 2.05) is 18.7 Å². The molecule has 1 aromatic carbocycles. The molecule has 1 aromatic rings. The molecular formula is C12H19N3O3. The largest absolute Gasteiger partial charge is 0.393 e. The van der Waals surface area contributed by atoms with E-state index in [9.17, 15) is 10.1 Å². The summed E-state index contributed by atoms with van der Waals surface area (Å²) >= 11 is 0. The average molecular weight is 253 g/mol. The van der Waals surface area contributed by atoms with Crippen LogP contribution in [0, 0.1) is 10.1 Å². The van der Waals surface area contributed by atoms with E-state index in [1.165, 1.54) is 6.07 Å². The summed E-state index contributed by atoms with van der Waals surface area (Å²) in [6.07, 6.45) is 0. The van der Waals surface area contributed by atoms with Gasteiger partial charge >= 0.3 is 5.69 Å². The molecule has 6 heteroatoms. The van der Waals surface area contributed by atoms with E-state index in [0.29, 0.717) is 18.8 Å². The number of nitrogens with zero attached hydrogens (tertiary/aromatic N) is 2. The number of nitro groups is 1. The van der Waals surface area contributed by atoms with Crippen LogP contribution in [0.1, 0.15) is 13.8 Å². The van der Waals surface area contributed by atoms with Gasteiger partial charge in [-0.3, -0.25) is 10.1 Å². The molecule has 0 spiro atoms. The number of rotatable bonds is 6. The van der Waals surface area contributed by atoms with Gasteiger partial charge in [-0.2, -0.15) is 0 Å². The van der Waals surface area contributed by atoms with Crippen LogP contribution in [0.2, 0.25) is 0 Å². The number of methoxy groups -OCH3 is 1. The van der Waals surface area contributed by atoms with Gasteiger partial charge in [-0.05, 0) is 26.0 Å². The molecule has 1 rings (SSSR count). The van der Waals surface area contributed by atoms with Crippen molar-refractivity contribution in [1.29, 1.82) is 0 Å². The summed E-state index contributed by atoms with van der Waals surface area (Å²) in [4.78, 5) is 12.6. The van der Waals surface area contributed by atoms with Gasteiger partial charge in [0.05, 0.1) is 11.5 Å². The van der Waals surface area contributed by atoms with Crippen LogP contribution < -0.4 is 10.6 Å². The third-order valence-electron chi connectivity index (χ3n) is 2.82. The van der Waals surface area contributed by atoms with E-state index >= 15 is 0 Å². The lowest BCUT2D eigenvalue weighted by molar-refractivity contribution is -0.383. The molecule has 0 radical (unpaired) electrons. The Bertz CT molecular complexity index is 423. The molecule has 6 nitrogen and oxygen atoms in total. The minimum absolute atomic E-state index is 0.0395. The van der Waals surface area contributed by atoms with Gasteiger partial charge in [0.25, 0.3) is 0 Å². The summed E-state index contributed by atoms with van der Waals surface area (Å²) in [5.74, 6) is 0. The summed E-state index contributed by atoms with van der Waals surface area (Å²) in [6.45, 7) is 5.05. The molecule has 1 atom stereocenters. The number of nitrogen functional groups attached to an aromatic ring is 1. The highest BCUT2D eigenvalue weighted by atomic mass is 16.6. The van der Waals surface area contributed by atoms with Crippen molar-refractivity contribution in [3.63, 3.8) is 0 Å². The summed E-state index contributed by atoms with van der Waals surface area (Å²) in [6, 6.07) is 5.01. The van der Waals surface area contributed by atoms with Crippen LogP contribution in [0.25, 0.3) is 0 Å². The third-order valence-corrected chi connectivity index (χ3v) is 2.82. The van der Waals surface area contributed by atoms with Crippen LogP contribution in [-0.4, -0.2) is 31.2 Å². The Balaban J connectivity index is 3.21. The van der Waals surface area contributed by atoms with Crippen molar-refractivity contribution in [1.82, 2.24) is 0 Å². The zero-order valence-electron chi connectivity index (χ0n) is 10.9. The molecule has 0 heterocycles. The summed E-state index contributed by atoms with van der Waals surface area (Å²) < 4.78 is 5.10. The van der Waals surface area contributed by atoms with Crippen LogP contribution in [0.5, 0.6) is 0 Å². The lowest BCUT2D eigenvalue weighted by Gasteiger charge is -2.29. The molecule has 0 aromatic heterocycles. The molecule has 0 aliphatic heterocycles. The minimum Gasteiger partial charge on any atom is -0.393 e. The number of hydrogen-bond donors (Lipinski definition) is 1. The molecule has 1 unspecified atom stereocenters. The first-order valence-corrected chi connectivity index (χ1v) is 5.81. The zero-order valence-corrected chi connectivity index (χ0v) is 10.9. The maximum atomic E-state index is 11.1. The topological polar surface area (TPSA) is 81.6 Å². The fraction of sp³-hybridized carbons (Fsp3) is 0.500. The lowest BCUT2D eigenvalue weighted by atomic mass is 10.1. The predicted octanol–water partition coefficient (Wildman–Crippen LogP) is 2.04. The molecular weight excluding hydrogens is 234 g/mol. The van der Waals surface area contributed by atoms with Crippen molar-refractivity contribution in [3.05, 3.63) is 28.3 Å². The highest BCUT2D eigenvalue weighted by Gasteiger charge is 2.24. The first-order valence-electron chi connectivity index (χ1n) is 5.81. The Hall–Kier alpha value is -1.82. The van der Waals surface area contributed by atoms with Crippen LogP contribution in [0.4, 0.5) is 17.1 Å². The number of nitrogens with two attached hydrogens (primary N) is 1. The van der Waals surface area contributed by atoms with Crippen molar-refractivity contribution in [2.45, 2.75) is 19.9 Å². The summed E-state index contributed by atoms with van der Waals surface area (Å²) in [5, 5.41) is 11.1. The fourth-order valence-corrected chi connectivity index (χ4v) is 2.03. The Morgan fingerprint density at radius 2 is 2.22 bits per heavy atom. The van der Waals surface area contributed by atoms with Crippen molar-refractivity contribution in [2.75, 3.05) is 30.9 Å². The lowest BCUT2D eigenvalue weighted by Crippen LogP contribution is -2.36. The van der Waals surface area contributed by atoms with Crippen LogP contribution >= 0.6 is 0 Å². The quantitative estimate of drug-likeness (QED) is 0.476. The summed E-state index contributed by atoms with van der Waals surface area (Å²) in [5.41, 5.74) is 6.37. The maximum Gasteiger partial charge on any atom is 0.315 e. The second-order valence-corrected chi connectivity index (χ2v) is 4.06. The molecule has 0 aliphatic carbocycles. The van der Waals surface area contributed by atoms with E-state index < -0.39 is 4.92 Å². The van der Waals surface area contributed by atoms with Gasteiger partial charge < -0.3 is 15.4 Å². The average Bonchev–Trinajstić information content (AvgIpc) is 2.29. The highest BCUT2D eigenvalue weighted by molar-refractivity contribution is 5.75. The fourth-order valence-electron chi connectivity index (χ4n) is 2.03. The Kier molecular flexibility index (Phi) is 4.91. The van der Waals surface area contributed by atoms with Crippen LogP contribution in [-0.2, 0) is 4.74 Å². The van der Waals surface area contributed by atoms with E-state index in [0.717, 1.165) is 0 Å². The van der Waals surface area contributed by atoms with E-state index in [-0.39, 0.29) is 17.4 Å². The number of para-hydroxylation sites is 1. The molecule has 2 N–H and O–H groups in total. The molecule has 0 saturated carbocycles. The molecule has 0 bridgehead atoms. The standard InChI is InChI=1S/C12H19N3O3/c1-4-14(9(2)8-18-3)11-7-5-6-10(13)12(11)15(16)17/h5-7,9H,4,8,13H2,1-3H3. The molecule has 100 valence electrons. The van der Waals surface area contributed by atoms with Gasteiger partial charge in [-0.1, -0.05) is 6.07 Å². The maximum absolute atomic E-state index is 11.1. The molecule has 0 fully saturated rings. The van der Waals surface area contributed by atoms with E-state index in [1.54, 1.807) is 19.2 Å². The Labute approximate surface area is 106 Å². The SMILES string of the molecule is CCN(c1cccc(N)c1[N+](=O)[O-])C(C)COC. The Morgan fingerprint density at radius 3 is 2.72 bits per heavy atom. The minimum atomic E-state index is -0.438. The zero-order chi connectivity index (χ0) is 13.7. The van der Waals surface area contributed by atoms with Gasteiger partial charge in [0.1, 0.15) is 11.4 Å².